The van der Waals surface area contributed by atoms with Gasteiger partial charge in [0.2, 0.25) is 0 Å². The van der Waals surface area contributed by atoms with Crippen molar-refractivity contribution in [1.82, 2.24) is 0 Å². The van der Waals surface area contributed by atoms with Gasteiger partial charge in [-0.15, -0.1) is 0 Å². The SMILES string of the molecule is O=C(O)Cc1cc(Cl)c2c(c1)COCO2. The van der Waals surface area contributed by atoms with E-state index in [-0.39, 0.29) is 13.2 Å². The fourth-order valence-electron chi connectivity index (χ4n) is 1.51. The summed E-state index contributed by atoms with van der Waals surface area (Å²) < 4.78 is 10.3. The molecule has 5 heteroatoms. The number of ether oxygens (including phenoxy) is 2. The monoisotopic (exact) mass is 228 g/mol. The largest absolute Gasteiger partial charge is 0.481 e. The molecule has 0 fully saturated rings. The first-order valence-electron chi connectivity index (χ1n) is 4.40. The number of halogens is 1. The fraction of sp³-hybridized carbons (Fsp3) is 0.300. The minimum absolute atomic E-state index is 0.0486. The number of carbonyl (C=O) groups is 1. The van der Waals surface area contributed by atoms with E-state index in [2.05, 4.69) is 0 Å². The van der Waals surface area contributed by atoms with E-state index in [1.807, 2.05) is 0 Å². The molecule has 0 saturated heterocycles. The van der Waals surface area contributed by atoms with Crippen LogP contribution in [-0.4, -0.2) is 17.9 Å². The highest BCUT2D eigenvalue weighted by Crippen LogP contribution is 2.33. The molecule has 1 N–H and O–H groups in total. The van der Waals surface area contributed by atoms with Crippen molar-refractivity contribution in [3.8, 4) is 5.75 Å². The molecule has 80 valence electrons. The van der Waals surface area contributed by atoms with Crippen LogP contribution in [0.25, 0.3) is 0 Å². The Bertz CT molecular complexity index is 403. The maximum absolute atomic E-state index is 10.5. The normalized spacial score (nSPS) is 14.2. The van der Waals surface area contributed by atoms with E-state index in [0.717, 1.165) is 5.56 Å². The Morgan fingerprint density at radius 3 is 3.07 bits per heavy atom. The minimum atomic E-state index is -0.885. The Kier molecular flexibility index (Phi) is 2.79. The topological polar surface area (TPSA) is 55.8 Å². The molecule has 1 aliphatic heterocycles. The molecule has 0 spiro atoms. The second-order valence-electron chi connectivity index (χ2n) is 3.25. The fourth-order valence-corrected chi connectivity index (χ4v) is 1.83. The molecule has 1 aromatic rings. The van der Waals surface area contributed by atoms with Gasteiger partial charge < -0.3 is 14.6 Å². The van der Waals surface area contributed by atoms with Crippen molar-refractivity contribution < 1.29 is 19.4 Å². The predicted octanol–water partition coefficient (Wildman–Crippen LogP) is 1.83. The molecule has 1 aromatic carbocycles. The van der Waals surface area contributed by atoms with Crippen molar-refractivity contribution in [1.29, 1.82) is 0 Å². The number of hydrogen-bond donors (Lipinski definition) is 1. The van der Waals surface area contributed by atoms with Gasteiger partial charge in [0, 0.05) is 5.56 Å². The first kappa shape index (κ1) is 10.3. The van der Waals surface area contributed by atoms with Gasteiger partial charge in [-0.25, -0.2) is 0 Å². The molecule has 1 aliphatic rings. The molecule has 0 saturated carbocycles. The average molecular weight is 229 g/mol. The third-order valence-electron chi connectivity index (χ3n) is 2.08. The molecule has 1 heterocycles. The molecule has 0 atom stereocenters. The summed E-state index contributed by atoms with van der Waals surface area (Å²) in [6, 6.07) is 3.36. The summed E-state index contributed by atoms with van der Waals surface area (Å²) in [5, 5.41) is 9.09. The molecular formula is C10H9ClO4. The Morgan fingerprint density at radius 2 is 2.33 bits per heavy atom. The van der Waals surface area contributed by atoms with E-state index < -0.39 is 5.97 Å². The van der Waals surface area contributed by atoms with Crippen molar-refractivity contribution >= 4 is 17.6 Å². The molecule has 0 radical (unpaired) electrons. The third-order valence-corrected chi connectivity index (χ3v) is 2.36. The zero-order valence-corrected chi connectivity index (χ0v) is 8.58. The van der Waals surface area contributed by atoms with Crippen LogP contribution < -0.4 is 4.74 Å². The second-order valence-corrected chi connectivity index (χ2v) is 3.65. The summed E-state index contributed by atoms with van der Waals surface area (Å²) >= 11 is 5.96. The summed E-state index contributed by atoms with van der Waals surface area (Å²) in [6.07, 6.45) is -0.0486. The van der Waals surface area contributed by atoms with E-state index in [0.29, 0.717) is 22.9 Å². The Balaban J connectivity index is 2.36. The van der Waals surface area contributed by atoms with Gasteiger partial charge >= 0.3 is 5.97 Å². The molecule has 0 aromatic heterocycles. The number of fused-ring (bicyclic) bond motifs is 1. The van der Waals surface area contributed by atoms with Crippen LogP contribution in [-0.2, 0) is 22.6 Å². The summed E-state index contributed by atoms with van der Waals surface area (Å²) in [6.45, 7) is 0.591. The lowest BCUT2D eigenvalue weighted by atomic mass is 10.1. The number of rotatable bonds is 2. The lowest BCUT2D eigenvalue weighted by Gasteiger charge is -2.19. The molecule has 2 rings (SSSR count). The van der Waals surface area contributed by atoms with Crippen LogP contribution in [0.5, 0.6) is 5.75 Å². The highest BCUT2D eigenvalue weighted by atomic mass is 35.5. The van der Waals surface area contributed by atoms with Crippen LogP contribution >= 0.6 is 11.6 Å². The Morgan fingerprint density at radius 1 is 1.53 bits per heavy atom. The van der Waals surface area contributed by atoms with Crippen molar-refractivity contribution in [2.45, 2.75) is 13.0 Å². The van der Waals surface area contributed by atoms with Crippen molar-refractivity contribution in [3.63, 3.8) is 0 Å². The standard InChI is InChI=1S/C10H9ClO4/c11-8-2-6(3-9(12)13)1-7-4-14-5-15-10(7)8/h1-2H,3-5H2,(H,12,13). The summed E-state index contributed by atoms with van der Waals surface area (Å²) in [5.41, 5.74) is 1.45. The number of carboxylic acid groups (broad SMARTS) is 1. The zero-order chi connectivity index (χ0) is 10.8. The van der Waals surface area contributed by atoms with E-state index in [9.17, 15) is 4.79 Å². The molecule has 0 bridgehead atoms. The molecule has 15 heavy (non-hydrogen) atoms. The smallest absolute Gasteiger partial charge is 0.307 e. The van der Waals surface area contributed by atoms with Gasteiger partial charge in [-0.2, -0.15) is 0 Å². The number of hydrogen-bond acceptors (Lipinski definition) is 3. The van der Waals surface area contributed by atoms with Gasteiger partial charge in [0.15, 0.2) is 6.79 Å². The van der Waals surface area contributed by atoms with Gasteiger partial charge in [-0.1, -0.05) is 11.6 Å². The molecular weight excluding hydrogens is 220 g/mol. The number of carboxylic acids is 1. The van der Waals surface area contributed by atoms with Gasteiger partial charge in [0.25, 0.3) is 0 Å². The maximum atomic E-state index is 10.5. The van der Waals surface area contributed by atoms with Gasteiger partial charge in [-0.05, 0) is 17.7 Å². The third kappa shape index (κ3) is 2.22. The van der Waals surface area contributed by atoms with E-state index >= 15 is 0 Å². The lowest BCUT2D eigenvalue weighted by molar-refractivity contribution is -0.136. The maximum Gasteiger partial charge on any atom is 0.307 e. The second kappa shape index (κ2) is 4.08. The molecule has 4 nitrogen and oxygen atoms in total. The highest BCUT2D eigenvalue weighted by Gasteiger charge is 2.16. The highest BCUT2D eigenvalue weighted by molar-refractivity contribution is 6.32. The van der Waals surface area contributed by atoms with Crippen LogP contribution in [0.1, 0.15) is 11.1 Å². The predicted molar refractivity (Wildman–Crippen MR) is 53.1 cm³/mol. The van der Waals surface area contributed by atoms with Crippen molar-refractivity contribution in [3.05, 3.63) is 28.3 Å². The zero-order valence-electron chi connectivity index (χ0n) is 7.83. The van der Waals surface area contributed by atoms with Gasteiger partial charge in [0.1, 0.15) is 5.75 Å². The first-order valence-corrected chi connectivity index (χ1v) is 4.78. The van der Waals surface area contributed by atoms with E-state index in [4.69, 9.17) is 26.2 Å². The van der Waals surface area contributed by atoms with Gasteiger partial charge in [-0.3, -0.25) is 4.79 Å². The van der Waals surface area contributed by atoms with E-state index in [1.54, 1.807) is 12.1 Å². The summed E-state index contributed by atoms with van der Waals surface area (Å²) in [7, 11) is 0. The number of benzene rings is 1. The van der Waals surface area contributed by atoms with Crippen LogP contribution in [0, 0.1) is 0 Å². The summed E-state index contributed by atoms with van der Waals surface area (Å²) in [4.78, 5) is 10.5. The Hall–Kier alpha value is -1.26. The molecule has 0 aliphatic carbocycles. The minimum Gasteiger partial charge on any atom is -0.481 e. The van der Waals surface area contributed by atoms with Gasteiger partial charge in [0.05, 0.1) is 18.1 Å². The summed E-state index contributed by atoms with van der Waals surface area (Å²) in [5.74, 6) is -0.291. The van der Waals surface area contributed by atoms with Crippen molar-refractivity contribution in [2.75, 3.05) is 6.79 Å². The van der Waals surface area contributed by atoms with Crippen LogP contribution in [0.15, 0.2) is 12.1 Å². The van der Waals surface area contributed by atoms with Crippen LogP contribution in [0.2, 0.25) is 5.02 Å². The van der Waals surface area contributed by atoms with E-state index in [1.165, 1.54) is 0 Å². The lowest BCUT2D eigenvalue weighted by Crippen LogP contribution is -2.12. The molecule has 0 unspecified atom stereocenters. The van der Waals surface area contributed by atoms with Crippen LogP contribution in [0.4, 0.5) is 0 Å². The number of aliphatic carboxylic acids is 1. The van der Waals surface area contributed by atoms with Crippen LogP contribution in [0.3, 0.4) is 0 Å². The average Bonchev–Trinajstić information content (AvgIpc) is 2.16. The quantitative estimate of drug-likeness (QED) is 0.839. The Labute approximate surface area is 91.4 Å². The first-order chi connectivity index (χ1) is 7.16. The molecule has 0 amide bonds. The van der Waals surface area contributed by atoms with Crippen molar-refractivity contribution in [2.24, 2.45) is 0 Å².